The first-order chi connectivity index (χ1) is 11.7. The summed E-state index contributed by atoms with van der Waals surface area (Å²) in [5, 5.41) is 19.8. The van der Waals surface area contributed by atoms with Gasteiger partial charge >= 0.3 is 0 Å². The van der Waals surface area contributed by atoms with Crippen LogP contribution in [0.3, 0.4) is 0 Å². The van der Waals surface area contributed by atoms with Crippen molar-refractivity contribution < 1.29 is 9.90 Å². The molecule has 2 rings (SSSR count). The lowest BCUT2D eigenvalue weighted by atomic mass is 10.1. The van der Waals surface area contributed by atoms with Crippen LogP contribution in [0, 0.1) is 0 Å². The minimum atomic E-state index is -0.233. The van der Waals surface area contributed by atoms with E-state index < -0.39 is 0 Å². The van der Waals surface area contributed by atoms with Crippen LogP contribution in [-0.2, 0) is 11.2 Å². The summed E-state index contributed by atoms with van der Waals surface area (Å²) in [6, 6.07) is 15.0. The molecule has 0 heterocycles. The molecule has 0 atom stereocenters. The number of carbonyl (C=O) groups excluding carboxylic acids is 1. The largest absolute Gasteiger partial charge is 0.396 e. The highest BCUT2D eigenvalue weighted by Gasteiger charge is 1.99. The second-order valence-electron chi connectivity index (χ2n) is 5.35. The van der Waals surface area contributed by atoms with Crippen molar-refractivity contribution in [3.05, 3.63) is 54.1 Å². The summed E-state index contributed by atoms with van der Waals surface area (Å²) >= 11 is 0. The van der Waals surface area contributed by atoms with E-state index in [9.17, 15) is 4.79 Å². The van der Waals surface area contributed by atoms with Crippen molar-refractivity contribution in [2.45, 2.75) is 19.3 Å². The fourth-order valence-electron chi connectivity index (χ4n) is 2.11. The molecule has 0 fully saturated rings. The average molecular weight is 326 g/mol. The molecule has 0 aliphatic rings. The van der Waals surface area contributed by atoms with Crippen LogP contribution in [0.4, 0.5) is 17.1 Å². The van der Waals surface area contributed by atoms with Gasteiger partial charge in [-0.25, -0.2) is 0 Å². The molecule has 0 unspecified atom stereocenters. The Balaban J connectivity index is 1.91. The third kappa shape index (κ3) is 5.91. The number of aryl methyl sites for hydroxylation is 1. The zero-order valence-electron chi connectivity index (χ0n) is 13.5. The van der Waals surface area contributed by atoms with Crippen molar-refractivity contribution in [3.8, 4) is 0 Å². The molecule has 0 spiro atoms. The minimum absolute atomic E-state index is 0.0442. The Bertz CT molecular complexity index is 666. The topological polar surface area (TPSA) is 100 Å². The molecule has 0 radical (unpaired) electrons. The number of azo groups is 1. The molecule has 4 N–H and O–H groups in total. The van der Waals surface area contributed by atoms with E-state index in [2.05, 4.69) is 15.5 Å². The lowest BCUT2D eigenvalue weighted by Gasteiger charge is -2.03. The van der Waals surface area contributed by atoms with E-state index in [1.165, 1.54) is 5.56 Å². The van der Waals surface area contributed by atoms with Crippen LogP contribution in [0.15, 0.2) is 58.8 Å². The number of aliphatic hydroxyl groups excluding tert-OH is 1. The maximum absolute atomic E-state index is 11.2. The molecule has 0 bridgehead atoms. The van der Waals surface area contributed by atoms with Gasteiger partial charge in [0.05, 0.1) is 17.9 Å². The lowest BCUT2D eigenvalue weighted by molar-refractivity contribution is -0.114. The summed E-state index contributed by atoms with van der Waals surface area (Å²) in [5.74, 6) is -0.233. The molecule has 6 nitrogen and oxygen atoms in total. The quantitative estimate of drug-likeness (QED) is 0.512. The van der Waals surface area contributed by atoms with Crippen molar-refractivity contribution in [2.24, 2.45) is 16.0 Å². The predicted molar refractivity (Wildman–Crippen MR) is 94.8 cm³/mol. The maximum atomic E-state index is 11.2. The highest BCUT2D eigenvalue weighted by atomic mass is 16.2. The van der Waals surface area contributed by atoms with Crippen LogP contribution in [0.25, 0.3) is 0 Å². The van der Waals surface area contributed by atoms with Crippen molar-refractivity contribution >= 4 is 23.0 Å². The maximum Gasteiger partial charge on any atom is 0.238 e. The lowest BCUT2D eigenvalue weighted by Crippen LogP contribution is -2.21. The van der Waals surface area contributed by atoms with E-state index in [1.807, 2.05) is 24.3 Å². The van der Waals surface area contributed by atoms with Crippen LogP contribution in [-0.4, -0.2) is 24.2 Å². The van der Waals surface area contributed by atoms with Gasteiger partial charge in [0.1, 0.15) is 0 Å². The monoisotopic (exact) mass is 326 g/mol. The summed E-state index contributed by atoms with van der Waals surface area (Å²) in [7, 11) is 0. The highest BCUT2D eigenvalue weighted by Crippen LogP contribution is 2.21. The molecular formula is C18H22N4O2. The zero-order chi connectivity index (χ0) is 17.2. The average Bonchev–Trinajstić information content (AvgIpc) is 2.62. The molecule has 126 valence electrons. The molecule has 0 saturated heterocycles. The Morgan fingerprint density at radius 3 is 2.08 bits per heavy atom. The van der Waals surface area contributed by atoms with Crippen LogP contribution in [0.5, 0.6) is 0 Å². The van der Waals surface area contributed by atoms with Crippen LogP contribution in [0.1, 0.15) is 18.4 Å². The van der Waals surface area contributed by atoms with Gasteiger partial charge < -0.3 is 16.2 Å². The standard InChI is InChI=1S/C18H22N4O2/c19-13-18(24)20-15-8-10-17(11-9-15)22-21-16-6-4-14(5-7-16)3-1-2-12-23/h4-11,23H,1-3,12-13,19H2,(H,20,24). The second-order valence-corrected chi connectivity index (χ2v) is 5.35. The van der Waals surface area contributed by atoms with Crippen molar-refractivity contribution in [2.75, 3.05) is 18.5 Å². The van der Waals surface area contributed by atoms with Crippen LogP contribution in [0.2, 0.25) is 0 Å². The fourth-order valence-corrected chi connectivity index (χ4v) is 2.11. The Morgan fingerprint density at radius 2 is 1.54 bits per heavy atom. The summed E-state index contributed by atoms with van der Waals surface area (Å²) in [5.41, 5.74) is 8.63. The molecule has 2 aromatic carbocycles. The molecule has 0 saturated carbocycles. The summed E-state index contributed by atoms with van der Waals surface area (Å²) in [6.45, 7) is 0.193. The van der Waals surface area contributed by atoms with Gasteiger partial charge in [0.15, 0.2) is 0 Å². The summed E-state index contributed by atoms with van der Waals surface area (Å²) in [6.07, 6.45) is 2.75. The molecule has 0 aromatic heterocycles. The molecular weight excluding hydrogens is 304 g/mol. The summed E-state index contributed by atoms with van der Waals surface area (Å²) < 4.78 is 0. The molecule has 2 aromatic rings. The van der Waals surface area contributed by atoms with Crippen molar-refractivity contribution in [1.29, 1.82) is 0 Å². The van der Waals surface area contributed by atoms with Gasteiger partial charge in [0.2, 0.25) is 5.91 Å². The molecule has 0 aliphatic heterocycles. The smallest absolute Gasteiger partial charge is 0.238 e. The minimum Gasteiger partial charge on any atom is -0.396 e. The first kappa shape index (κ1) is 17.8. The Labute approximate surface area is 141 Å². The van der Waals surface area contributed by atoms with Gasteiger partial charge in [0.25, 0.3) is 0 Å². The number of aliphatic hydroxyl groups is 1. The van der Waals surface area contributed by atoms with Crippen molar-refractivity contribution in [3.63, 3.8) is 0 Å². The van der Waals surface area contributed by atoms with Gasteiger partial charge in [-0.2, -0.15) is 10.2 Å². The first-order valence-electron chi connectivity index (χ1n) is 7.93. The van der Waals surface area contributed by atoms with Crippen LogP contribution < -0.4 is 11.1 Å². The van der Waals surface area contributed by atoms with Crippen LogP contribution >= 0.6 is 0 Å². The van der Waals surface area contributed by atoms with Gasteiger partial charge in [0, 0.05) is 12.3 Å². The number of amides is 1. The number of hydrogen-bond donors (Lipinski definition) is 3. The predicted octanol–water partition coefficient (Wildman–Crippen LogP) is 3.31. The third-order valence-corrected chi connectivity index (χ3v) is 3.43. The van der Waals surface area contributed by atoms with E-state index in [4.69, 9.17) is 10.8 Å². The third-order valence-electron chi connectivity index (χ3n) is 3.43. The van der Waals surface area contributed by atoms with Crippen molar-refractivity contribution in [1.82, 2.24) is 0 Å². The number of nitrogens with one attached hydrogen (secondary N) is 1. The van der Waals surface area contributed by atoms with E-state index in [0.717, 1.165) is 24.9 Å². The number of rotatable bonds is 8. The number of anilines is 1. The number of nitrogens with zero attached hydrogens (tertiary/aromatic N) is 2. The molecule has 1 amide bonds. The van der Waals surface area contributed by atoms with Gasteiger partial charge in [-0.05, 0) is 61.2 Å². The van der Waals surface area contributed by atoms with E-state index in [0.29, 0.717) is 11.4 Å². The van der Waals surface area contributed by atoms with E-state index >= 15 is 0 Å². The summed E-state index contributed by atoms with van der Waals surface area (Å²) in [4.78, 5) is 11.2. The van der Waals surface area contributed by atoms with Gasteiger partial charge in [-0.15, -0.1) is 0 Å². The Kier molecular flexibility index (Phi) is 7.07. The Hall–Kier alpha value is -2.57. The first-order valence-corrected chi connectivity index (χ1v) is 7.93. The fraction of sp³-hybridized carbons (Fsp3) is 0.278. The number of nitrogens with two attached hydrogens (primary N) is 1. The van der Waals surface area contributed by atoms with Gasteiger partial charge in [-0.1, -0.05) is 12.1 Å². The van der Waals surface area contributed by atoms with E-state index in [1.54, 1.807) is 24.3 Å². The molecule has 0 aliphatic carbocycles. The number of benzene rings is 2. The normalized spacial score (nSPS) is 10.9. The Morgan fingerprint density at radius 1 is 0.958 bits per heavy atom. The molecule has 6 heteroatoms. The number of hydrogen-bond acceptors (Lipinski definition) is 5. The SMILES string of the molecule is NCC(=O)Nc1ccc(N=Nc2ccc(CCCCO)cc2)cc1. The second kappa shape index (κ2) is 9.54. The highest BCUT2D eigenvalue weighted by molar-refractivity contribution is 5.92. The zero-order valence-corrected chi connectivity index (χ0v) is 13.5. The number of unbranched alkanes of at least 4 members (excludes halogenated alkanes) is 1. The van der Waals surface area contributed by atoms with Gasteiger partial charge in [-0.3, -0.25) is 4.79 Å². The molecule has 24 heavy (non-hydrogen) atoms. The number of carbonyl (C=O) groups is 1. The van der Waals surface area contributed by atoms with E-state index in [-0.39, 0.29) is 19.1 Å².